The summed E-state index contributed by atoms with van der Waals surface area (Å²) in [6.45, 7) is -0.595. The van der Waals surface area contributed by atoms with E-state index in [1.807, 2.05) is 0 Å². The molecule has 1 heterocycles. The van der Waals surface area contributed by atoms with E-state index in [2.05, 4.69) is 0 Å². The molecular formula is C12H24N2O8. The van der Waals surface area contributed by atoms with Gasteiger partial charge in [0.25, 0.3) is 0 Å². The lowest BCUT2D eigenvalue weighted by Crippen LogP contribution is -2.60. The summed E-state index contributed by atoms with van der Waals surface area (Å²) in [6.07, 6.45) is -8.08. The molecule has 0 saturated carbocycles. The maximum atomic E-state index is 11.8. The van der Waals surface area contributed by atoms with Crippen LogP contribution in [0.15, 0.2) is 0 Å². The first-order valence-electron chi connectivity index (χ1n) is 6.96. The second-order valence-electron chi connectivity index (χ2n) is 5.21. The van der Waals surface area contributed by atoms with Crippen molar-refractivity contribution in [3.63, 3.8) is 0 Å². The van der Waals surface area contributed by atoms with Gasteiger partial charge in [-0.3, -0.25) is 4.79 Å². The summed E-state index contributed by atoms with van der Waals surface area (Å²) in [5.41, 5.74) is 10.8. The van der Waals surface area contributed by atoms with Crippen LogP contribution < -0.4 is 11.5 Å². The fourth-order valence-electron chi connectivity index (χ4n) is 1.97. The van der Waals surface area contributed by atoms with Gasteiger partial charge in [-0.25, -0.2) is 0 Å². The fraction of sp³-hybridized carbons (Fsp3) is 0.917. The third-order valence-electron chi connectivity index (χ3n) is 3.47. The standard InChI is InChI=1S/C12H24N2O8/c13-3-5(16)1-2-6(14)11(20)22-12-10(19)9(18)8(17)7(4-15)21-12/h5-10,12,15-19H,1-4,13-14H2/t5-,6+,7-,8+,9+,10-,12+/m1/s1. The fourth-order valence-corrected chi connectivity index (χ4v) is 1.97. The Kier molecular flexibility index (Phi) is 7.59. The zero-order valence-electron chi connectivity index (χ0n) is 12.0. The maximum Gasteiger partial charge on any atom is 0.325 e. The molecule has 1 saturated heterocycles. The number of rotatable bonds is 7. The van der Waals surface area contributed by atoms with Gasteiger partial charge in [-0.15, -0.1) is 0 Å². The number of hydrogen-bond donors (Lipinski definition) is 7. The van der Waals surface area contributed by atoms with Crippen LogP contribution in [0.25, 0.3) is 0 Å². The average molecular weight is 324 g/mol. The lowest BCUT2D eigenvalue weighted by Gasteiger charge is -2.39. The molecule has 10 nitrogen and oxygen atoms in total. The SMILES string of the molecule is NC[C@H](O)CC[C@H](N)C(=O)O[C@@H]1O[C@H](CO)[C@H](O)[C@H](O)[C@H]1O. The highest BCUT2D eigenvalue weighted by molar-refractivity contribution is 5.75. The Labute approximate surface area is 127 Å². The van der Waals surface area contributed by atoms with Crippen LogP contribution in [0.4, 0.5) is 0 Å². The summed E-state index contributed by atoms with van der Waals surface area (Å²) in [5.74, 6) is -0.909. The molecule has 130 valence electrons. The van der Waals surface area contributed by atoms with E-state index >= 15 is 0 Å². The molecule has 0 aromatic carbocycles. The van der Waals surface area contributed by atoms with E-state index in [1.165, 1.54) is 0 Å². The van der Waals surface area contributed by atoms with Gasteiger partial charge in [0.15, 0.2) is 0 Å². The normalized spacial score (nSPS) is 35.0. The second-order valence-corrected chi connectivity index (χ2v) is 5.21. The minimum absolute atomic E-state index is 0.0362. The number of aliphatic hydroxyl groups excluding tert-OH is 5. The van der Waals surface area contributed by atoms with Crippen molar-refractivity contribution in [1.29, 1.82) is 0 Å². The highest BCUT2D eigenvalue weighted by Gasteiger charge is 2.45. The van der Waals surface area contributed by atoms with Crippen molar-refractivity contribution in [3.8, 4) is 0 Å². The number of nitrogens with two attached hydrogens (primary N) is 2. The lowest BCUT2D eigenvalue weighted by molar-refractivity contribution is -0.293. The topological polar surface area (TPSA) is 189 Å². The zero-order chi connectivity index (χ0) is 16.9. The van der Waals surface area contributed by atoms with Crippen LogP contribution in [-0.2, 0) is 14.3 Å². The minimum Gasteiger partial charge on any atom is -0.432 e. The van der Waals surface area contributed by atoms with Gasteiger partial charge in [0.2, 0.25) is 6.29 Å². The number of esters is 1. The molecule has 1 rings (SSSR count). The van der Waals surface area contributed by atoms with E-state index < -0.39 is 55.4 Å². The van der Waals surface area contributed by atoms with E-state index in [4.69, 9.17) is 26.0 Å². The molecule has 0 amide bonds. The molecule has 1 fully saturated rings. The molecule has 0 spiro atoms. The van der Waals surface area contributed by atoms with Crippen molar-refractivity contribution >= 4 is 5.97 Å². The van der Waals surface area contributed by atoms with Crippen LogP contribution in [0, 0.1) is 0 Å². The smallest absolute Gasteiger partial charge is 0.325 e. The Balaban J connectivity index is 2.55. The first kappa shape index (κ1) is 19.2. The lowest BCUT2D eigenvalue weighted by atomic mass is 9.99. The molecule has 10 heteroatoms. The van der Waals surface area contributed by atoms with Crippen molar-refractivity contribution in [3.05, 3.63) is 0 Å². The summed E-state index contributed by atoms with van der Waals surface area (Å²) >= 11 is 0. The van der Waals surface area contributed by atoms with Crippen LogP contribution in [0.2, 0.25) is 0 Å². The summed E-state index contributed by atoms with van der Waals surface area (Å²) in [5, 5.41) is 47.2. The first-order valence-corrected chi connectivity index (χ1v) is 6.96. The molecule has 0 aromatic rings. The molecule has 1 aliphatic rings. The predicted molar refractivity (Wildman–Crippen MR) is 72.1 cm³/mol. The summed E-state index contributed by atoms with van der Waals surface area (Å²) < 4.78 is 9.87. The van der Waals surface area contributed by atoms with E-state index in [1.54, 1.807) is 0 Å². The van der Waals surface area contributed by atoms with Crippen LogP contribution in [0.5, 0.6) is 0 Å². The van der Waals surface area contributed by atoms with Gasteiger partial charge in [0, 0.05) is 6.54 Å². The Bertz CT molecular complexity index is 356. The predicted octanol–water partition coefficient (Wildman–Crippen LogP) is -4.24. The van der Waals surface area contributed by atoms with Crippen molar-refractivity contribution in [1.82, 2.24) is 0 Å². The Morgan fingerprint density at radius 2 is 1.82 bits per heavy atom. The van der Waals surface area contributed by atoms with Crippen LogP contribution in [0.3, 0.4) is 0 Å². The van der Waals surface area contributed by atoms with Gasteiger partial charge in [-0.05, 0) is 12.8 Å². The average Bonchev–Trinajstić information content (AvgIpc) is 2.52. The van der Waals surface area contributed by atoms with Gasteiger partial charge in [-0.1, -0.05) is 0 Å². The highest BCUT2D eigenvalue weighted by Crippen LogP contribution is 2.22. The monoisotopic (exact) mass is 324 g/mol. The molecule has 0 aliphatic carbocycles. The highest BCUT2D eigenvalue weighted by atomic mass is 16.7. The van der Waals surface area contributed by atoms with Crippen LogP contribution >= 0.6 is 0 Å². The Morgan fingerprint density at radius 3 is 2.36 bits per heavy atom. The number of carbonyl (C=O) groups excluding carboxylic acids is 1. The second kappa shape index (κ2) is 8.70. The molecule has 0 aromatic heterocycles. The van der Waals surface area contributed by atoms with Crippen molar-refractivity contribution < 1.29 is 39.8 Å². The van der Waals surface area contributed by atoms with Gasteiger partial charge in [0.05, 0.1) is 12.7 Å². The number of carbonyl (C=O) groups is 1. The van der Waals surface area contributed by atoms with E-state index in [0.29, 0.717) is 0 Å². The summed E-state index contributed by atoms with van der Waals surface area (Å²) in [7, 11) is 0. The van der Waals surface area contributed by atoms with Crippen molar-refractivity contribution in [2.24, 2.45) is 11.5 Å². The summed E-state index contributed by atoms with van der Waals surface area (Å²) in [4.78, 5) is 11.8. The molecule has 1 aliphatic heterocycles. The third-order valence-corrected chi connectivity index (χ3v) is 3.47. The van der Waals surface area contributed by atoms with Crippen molar-refractivity contribution in [2.75, 3.05) is 13.2 Å². The molecule has 0 bridgehead atoms. The minimum atomic E-state index is -1.68. The van der Waals surface area contributed by atoms with Crippen molar-refractivity contribution in [2.45, 2.75) is 55.7 Å². The molecular weight excluding hydrogens is 300 g/mol. The van der Waals surface area contributed by atoms with E-state index in [-0.39, 0.29) is 19.4 Å². The third kappa shape index (κ3) is 4.83. The quantitative estimate of drug-likeness (QED) is 0.226. The first-order chi connectivity index (χ1) is 10.3. The van der Waals surface area contributed by atoms with E-state index in [0.717, 1.165) is 0 Å². The Hall–Kier alpha value is -0.850. The molecule has 0 unspecified atom stereocenters. The van der Waals surface area contributed by atoms with Gasteiger partial charge in [0.1, 0.15) is 30.5 Å². The number of aliphatic hydroxyl groups is 5. The number of hydrogen-bond acceptors (Lipinski definition) is 10. The molecule has 9 N–H and O–H groups in total. The van der Waals surface area contributed by atoms with E-state index in [9.17, 15) is 25.2 Å². The zero-order valence-corrected chi connectivity index (χ0v) is 12.0. The van der Waals surface area contributed by atoms with Gasteiger partial charge < -0.3 is 46.5 Å². The number of ether oxygens (including phenoxy) is 2. The molecule has 0 radical (unpaired) electrons. The molecule has 22 heavy (non-hydrogen) atoms. The largest absolute Gasteiger partial charge is 0.432 e. The van der Waals surface area contributed by atoms with Crippen LogP contribution in [-0.4, -0.2) is 87.5 Å². The maximum absolute atomic E-state index is 11.8. The molecule has 7 atom stereocenters. The summed E-state index contributed by atoms with van der Waals surface area (Å²) in [6, 6.07) is -1.08. The van der Waals surface area contributed by atoms with Gasteiger partial charge in [-0.2, -0.15) is 0 Å². The van der Waals surface area contributed by atoms with Gasteiger partial charge >= 0.3 is 5.97 Å². The van der Waals surface area contributed by atoms with Crippen LogP contribution in [0.1, 0.15) is 12.8 Å². The Morgan fingerprint density at radius 1 is 1.18 bits per heavy atom.